The van der Waals surface area contributed by atoms with Crippen molar-refractivity contribution < 1.29 is 21.6 Å². The highest BCUT2D eigenvalue weighted by molar-refractivity contribution is 7.92. The number of hydrogen-bond donors (Lipinski definition) is 1. The van der Waals surface area contributed by atoms with E-state index in [9.17, 15) is 21.6 Å². The van der Waals surface area contributed by atoms with Crippen LogP contribution in [-0.4, -0.2) is 13.4 Å². The van der Waals surface area contributed by atoms with Crippen molar-refractivity contribution in [2.24, 2.45) is 0 Å². The van der Waals surface area contributed by atoms with Crippen molar-refractivity contribution in [3.8, 4) is 0 Å². The number of sulfonamides is 1. The number of nitrogens with one attached hydrogen (secondary N) is 1. The van der Waals surface area contributed by atoms with Crippen LogP contribution in [0.3, 0.4) is 0 Å². The second-order valence-corrected chi connectivity index (χ2v) is 6.63. The molecule has 2 rings (SSSR count). The first-order chi connectivity index (χ1) is 10.1. The molecule has 0 aliphatic carbocycles. The lowest BCUT2D eigenvalue weighted by Gasteiger charge is -2.11. The van der Waals surface area contributed by atoms with Gasteiger partial charge in [0.2, 0.25) is 0 Å². The molecule has 0 radical (unpaired) electrons. The topological polar surface area (TPSA) is 59.1 Å². The third kappa shape index (κ3) is 4.02. The molecule has 0 bridgehead atoms. The zero-order chi connectivity index (χ0) is 16.5. The molecule has 1 aromatic heterocycles. The van der Waals surface area contributed by atoms with Crippen LogP contribution in [0.15, 0.2) is 41.3 Å². The average Bonchev–Trinajstić information content (AvgIpc) is 2.36. The van der Waals surface area contributed by atoms with Gasteiger partial charge >= 0.3 is 6.18 Å². The molecule has 0 amide bonds. The molecule has 2 aromatic rings. The minimum atomic E-state index is -4.67. The average molecular weight is 371 g/mol. The maximum atomic E-state index is 12.7. The molecular weight excluding hydrogens is 364 g/mol. The molecule has 0 atom stereocenters. The molecule has 10 heteroatoms. The SMILES string of the molecule is O=S(=O)(Nc1cc(C(F)(F)F)cc(Cl)n1)c1ccc(Cl)cc1. The van der Waals surface area contributed by atoms with Crippen LogP contribution in [0.5, 0.6) is 0 Å². The fourth-order valence-electron chi connectivity index (χ4n) is 1.52. The van der Waals surface area contributed by atoms with E-state index in [1.54, 1.807) is 0 Å². The van der Waals surface area contributed by atoms with Crippen molar-refractivity contribution in [2.75, 3.05) is 4.72 Å². The number of hydrogen-bond acceptors (Lipinski definition) is 3. The third-order valence-electron chi connectivity index (χ3n) is 2.48. The van der Waals surface area contributed by atoms with Crippen LogP contribution < -0.4 is 4.72 Å². The van der Waals surface area contributed by atoms with Gasteiger partial charge in [0.1, 0.15) is 11.0 Å². The third-order valence-corrected chi connectivity index (χ3v) is 4.30. The Bertz CT molecular complexity index is 793. The fourth-order valence-corrected chi connectivity index (χ4v) is 2.85. The summed E-state index contributed by atoms with van der Waals surface area (Å²) < 4.78 is 64.1. The predicted octanol–water partition coefficient (Wildman–Crippen LogP) is 4.21. The quantitative estimate of drug-likeness (QED) is 0.823. The Balaban J connectivity index is 2.38. The maximum absolute atomic E-state index is 12.7. The molecule has 22 heavy (non-hydrogen) atoms. The second-order valence-electron chi connectivity index (χ2n) is 4.12. The van der Waals surface area contributed by atoms with E-state index in [1.807, 2.05) is 4.72 Å². The summed E-state index contributed by atoms with van der Waals surface area (Å²) in [6.45, 7) is 0. The maximum Gasteiger partial charge on any atom is 0.416 e. The summed E-state index contributed by atoms with van der Waals surface area (Å²) in [7, 11) is -4.11. The van der Waals surface area contributed by atoms with Crippen LogP contribution in [-0.2, 0) is 16.2 Å². The summed E-state index contributed by atoms with van der Waals surface area (Å²) in [4.78, 5) is 3.35. The molecule has 0 unspecified atom stereocenters. The lowest BCUT2D eigenvalue weighted by Crippen LogP contribution is -2.15. The van der Waals surface area contributed by atoms with E-state index in [4.69, 9.17) is 23.2 Å². The van der Waals surface area contributed by atoms with Crippen LogP contribution in [0.2, 0.25) is 10.2 Å². The predicted molar refractivity (Wildman–Crippen MR) is 76.5 cm³/mol. The number of benzene rings is 1. The lowest BCUT2D eigenvalue weighted by molar-refractivity contribution is -0.137. The van der Waals surface area contributed by atoms with Gasteiger partial charge in [-0.15, -0.1) is 0 Å². The zero-order valence-corrected chi connectivity index (χ0v) is 12.9. The van der Waals surface area contributed by atoms with Gasteiger partial charge in [0.05, 0.1) is 10.5 Å². The summed E-state index contributed by atoms with van der Waals surface area (Å²) in [6, 6.07) is 6.24. The molecule has 1 heterocycles. The Morgan fingerprint density at radius 2 is 1.64 bits per heavy atom. The largest absolute Gasteiger partial charge is 0.416 e. The van der Waals surface area contributed by atoms with Gasteiger partial charge in [0.25, 0.3) is 10.0 Å². The monoisotopic (exact) mass is 370 g/mol. The minimum Gasteiger partial charge on any atom is -0.263 e. The van der Waals surface area contributed by atoms with Gasteiger partial charge in [0, 0.05) is 5.02 Å². The first kappa shape index (κ1) is 16.9. The van der Waals surface area contributed by atoms with E-state index < -0.39 is 32.7 Å². The number of rotatable bonds is 3. The van der Waals surface area contributed by atoms with Crippen LogP contribution in [0, 0.1) is 0 Å². The number of nitrogens with zero attached hydrogens (tertiary/aromatic N) is 1. The molecule has 118 valence electrons. The van der Waals surface area contributed by atoms with Crippen molar-refractivity contribution in [2.45, 2.75) is 11.1 Å². The fraction of sp³-hybridized carbons (Fsp3) is 0.0833. The minimum absolute atomic E-state index is 0.174. The van der Waals surface area contributed by atoms with E-state index in [2.05, 4.69) is 4.98 Å². The number of alkyl halides is 3. The van der Waals surface area contributed by atoms with E-state index in [-0.39, 0.29) is 4.90 Å². The summed E-state index contributed by atoms with van der Waals surface area (Å²) in [5.41, 5.74) is -1.11. The van der Waals surface area contributed by atoms with Crippen LogP contribution in [0.4, 0.5) is 19.0 Å². The van der Waals surface area contributed by atoms with Crippen molar-refractivity contribution >= 4 is 39.0 Å². The first-order valence-corrected chi connectivity index (χ1v) is 7.85. The standard InChI is InChI=1S/C12H7Cl2F3N2O2S/c13-8-1-3-9(4-2-8)22(20,21)19-11-6-7(12(15,16)17)5-10(14)18-11/h1-6H,(H,18,19). The van der Waals surface area contributed by atoms with Crippen molar-refractivity contribution in [3.05, 3.63) is 52.1 Å². The van der Waals surface area contributed by atoms with Crippen molar-refractivity contribution in [1.29, 1.82) is 0 Å². The van der Waals surface area contributed by atoms with Crippen LogP contribution in [0.25, 0.3) is 0 Å². The Labute approximate surface area is 133 Å². The van der Waals surface area contributed by atoms with Gasteiger partial charge in [-0.25, -0.2) is 13.4 Å². The normalized spacial score (nSPS) is 12.2. The summed E-state index contributed by atoms with van der Waals surface area (Å²) in [5, 5.41) is -0.164. The number of anilines is 1. The highest BCUT2D eigenvalue weighted by atomic mass is 35.5. The molecule has 0 aliphatic heterocycles. The zero-order valence-electron chi connectivity index (χ0n) is 10.5. The Morgan fingerprint density at radius 1 is 1.05 bits per heavy atom. The molecule has 0 saturated carbocycles. The molecule has 0 aliphatic rings. The number of pyridine rings is 1. The summed E-state index contributed by atoms with van der Waals surface area (Å²) in [6.07, 6.45) is -4.67. The second kappa shape index (κ2) is 5.94. The van der Waals surface area contributed by atoms with Crippen molar-refractivity contribution in [3.63, 3.8) is 0 Å². The number of aromatic nitrogens is 1. The highest BCUT2D eigenvalue weighted by Gasteiger charge is 2.32. The van der Waals surface area contributed by atoms with E-state index in [0.717, 1.165) is 0 Å². The Kier molecular flexibility index (Phi) is 4.55. The molecule has 4 nitrogen and oxygen atoms in total. The van der Waals surface area contributed by atoms with Gasteiger partial charge < -0.3 is 0 Å². The van der Waals surface area contributed by atoms with Crippen LogP contribution >= 0.6 is 23.2 Å². The summed E-state index contributed by atoms with van der Waals surface area (Å²) in [5.74, 6) is -0.533. The van der Waals surface area contributed by atoms with E-state index in [1.165, 1.54) is 24.3 Å². The van der Waals surface area contributed by atoms with E-state index >= 15 is 0 Å². The molecular formula is C12H7Cl2F3N2O2S. The summed E-state index contributed by atoms with van der Waals surface area (Å²) >= 11 is 11.1. The molecule has 0 saturated heterocycles. The smallest absolute Gasteiger partial charge is 0.263 e. The molecule has 1 N–H and O–H groups in total. The molecule has 0 spiro atoms. The Hall–Kier alpha value is -1.51. The van der Waals surface area contributed by atoms with E-state index in [0.29, 0.717) is 17.2 Å². The molecule has 0 fully saturated rings. The van der Waals surface area contributed by atoms with Gasteiger partial charge in [-0.3, -0.25) is 4.72 Å². The van der Waals surface area contributed by atoms with Gasteiger partial charge in [0.15, 0.2) is 0 Å². The molecule has 1 aromatic carbocycles. The highest BCUT2D eigenvalue weighted by Crippen LogP contribution is 2.32. The van der Waals surface area contributed by atoms with Gasteiger partial charge in [-0.1, -0.05) is 23.2 Å². The van der Waals surface area contributed by atoms with Crippen molar-refractivity contribution in [1.82, 2.24) is 4.98 Å². The first-order valence-electron chi connectivity index (χ1n) is 5.61. The van der Waals surface area contributed by atoms with Gasteiger partial charge in [-0.05, 0) is 36.4 Å². The number of halogens is 5. The lowest BCUT2D eigenvalue weighted by atomic mass is 10.2. The Morgan fingerprint density at radius 3 is 2.18 bits per heavy atom. The van der Waals surface area contributed by atoms with Crippen LogP contribution in [0.1, 0.15) is 5.56 Å². The van der Waals surface area contributed by atoms with Gasteiger partial charge in [-0.2, -0.15) is 13.2 Å².